The fourth-order valence-electron chi connectivity index (χ4n) is 5.23. The van der Waals surface area contributed by atoms with Gasteiger partial charge in [0.05, 0.1) is 37.7 Å². The number of nitrogens with zero attached hydrogens (tertiary/aromatic N) is 4. The first-order chi connectivity index (χ1) is 17.6. The van der Waals surface area contributed by atoms with Crippen molar-refractivity contribution in [3.8, 4) is 6.07 Å². The summed E-state index contributed by atoms with van der Waals surface area (Å²) in [6.45, 7) is 0.475. The normalized spacial score (nSPS) is 24.6. The predicted molar refractivity (Wildman–Crippen MR) is 139 cm³/mol. The number of carbonyl (C=O) groups is 2. The lowest BCUT2D eigenvalue weighted by molar-refractivity contribution is -0.148. The molecule has 8 nitrogen and oxygen atoms in total. The van der Waals surface area contributed by atoms with Gasteiger partial charge in [-0.3, -0.25) is 18.8 Å². The average Bonchev–Trinajstić information content (AvgIpc) is 3.47. The van der Waals surface area contributed by atoms with Crippen LogP contribution in [0.1, 0.15) is 25.0 Å². The van der Waals surface area contributed by atoms with Gasteiger partial charge in [-0.2, -0.15) is 5.26 Å². The summed E-state index contributed by atoms with van der Waals surface area (Å²) >= 11 is 9.50. The van der Waals surface area contributed by atoms with Gasteiger partial charge in [0.1, 0.15) is 22.8 Å². The molecule has 5 rings (SSSR count). The zero-order valence-corrected chi connectivity index (χ0v) is 23.1. The molecule has 1 aliphatic carbocycles. The van der Waals surface area contributed by atoms with Crippen LogP contribution in [0.3, 0.4) is 0 Å². The Kier molecular flexibility index (Phi) is 6.90. The van der Waals surface area contributed by atoms with Gasteiger partial charge in [-0.05, 0) is 60.4 Å². The van der Waals surface area contributed by atoms with Gasteiger partial charge in [0.15, 0.2) is 0 Å². The number of amides is 2. The summed E-state index contributed by atoms with van der Waals surface area (Å²) in [6.07, 6.45) is 2.64. The maximum absolute atomic E-state index is 15.1. The Hall–Kier alpha value is -2.39. The summed E-state index contributed by atoms with van der Waals surface area (Å²) in [4.78, 5) is 35.5. The van der Waals surface area contributed by atoms with Crippen molar-refractivity contribution in [2.24, 2.45) is 0 Å². The number of likely N-dealkylation sites (N-methyl/N-ethyl adjacent to an activating group) is 1. The Morgan fingerprint density at radius 3 is 2.62 bits per heavy atom. The van der Waals surface area contributed by atoms with Gasteiger partial charge in [-0.15, -0.1) is 0 Å². The Balaban J connectivity index is 1.49. The molecule has 0 bridgehead atoms. The van der Waals surface area contributed by atoms with Crippen LogP contribution in [0.4, 0.5) is 4.39 Å². The van der Waals surface area contributed by atoms with E-state index in [0.29, 0.717) is 27.2 Å². The molecule has 0 spiro atoms. The number of pyridine rings is 1. The molecule has 2 aliphatic heterocycles. The maximum atomic E-state index is 15.1. The zero-order chi connectivity index (χ0) is 26.5. The molecule has 194 valence electrons. The Bertz CT molecular complexity index is 1340. The van der Waals surface area contributed by atoms with E-state index < -0.39 is 50.7 Å². The van der Waals surface area contributed by atoms with Crippen LogP contribution in [0.25, 0.3) is 0 Å². The second-order valence-electron chi connectivity index (χ2n) is 9.98. The van der Waals surface area contributed by atoms with Crippen molar-refractivity contribution >= 4 is 50.1 Å². The number of hydrogen-bond acceptors (Lipinski definition) is 6. The van der Waals surface area contributed by atoms with Crippen LogP contribution in [0.15, 0.2) is 45.9 Å². The lowest BCUT2D eigenvalue weighted by Crippen LogP contribution is -2.67. The van der Waals surface area contributed by atoms with E-state index in [9.17, 15) is 19.1 Å². The number of aromatic nitrogens is 1. The van der Waals surface area contributed by atoms with Gasteiger partial charge in [-0.25, -0.2) is 4.39 Å². The number of likely N-dealkylation sites (tertiary alicyclic amines) is 2. The molecule has 2 amide bonds. The molecule has 1 aromatic heterocycles. The lowest BCUT2D eigenvalue weighted by atomic mass is 9.75. The van der Waals surface area contributed by atoms with Crippen molar-refractivity contribution in [3.05, 3.63) is 57.5 Å². The van der Waals surface area contributed by atoms with Crippen LogP contribution < -0.4 is 5.32 Å². The molecular formula is C25H24BrClFN5O3S. The molecule has 1 aromatic carbocycles. The molecule has 2 aromatic rings. The maximum Gasteiger partial charge on any atom is 0.244 e. The standard InChI is InChI=1S/C25H24BrClFN5O3S/c1-32-13-25(14-32,21-18(28)8-15(26)10-30-21)23(35)33-11-16(37(36)20-5-3-2-4-17(20)27)9-19(33)22(34)31-24(12-29)6-7-24/h2-5,8,10,16,19H,6-7,9,11,13-14H2,1H3,(H,31,34)/t16?,19-,37?/m0/s1. The highest BCUT2D eigenvalue weighted by Gasteiger charge is 2.57. The molecule has 3 heterocycles. The van der Waals surface area contributed by atoms with Gasteiger partial charge < -0.3 is 15.1 Å². The Morgan fingerprint density at radius 2 is 2.03 bits per heavy atom. The van der Waals surface area contributed by atoms with Gasteiger partial charge in [0.25, 0.3) is 0 Å². The number of hydrogen-bond donors (Lipinski definition) is 1. The summed E-state index contributed by atoms with van der Waals surface area (Å²) in [7, 11) is 0.214. The number of halogens is 3. The van der Waals surface area contributed by atoms with Gasteiger partial charge in [0.2, 0.25) is 11.8 Å². The van der Waals surface area contributed by atoms with E-state index in [2.05, 4.69) is 32.3 Å². The number of rotatable bonds is 6. The molecule has 2 unspecified atom stereocenters. The minimum Gasteiger partial charge on any atom is -0.336 e. The van der Waals surface area contributed by atoms with Crippen LogP contribution in [-0.4, -0.2) is 74.3 Å². The van der Waals surface area contributed by atoms with Crippen molar-refractivity contribution in [3.63, 3.8) is 0 Å². The van der Waals surface area contributed by atoms with Crippen LogP contribution >= 0.6 is 27.5 Å². The number of carbonyl (C=O) groups excluding carboxylic acids is 2. The SMILES string of the molecule is CN1CC(C(=O)N2CC(S(=O)c3ccccc3Cl)C[C@H]2C(=O)NC2(C#N)CC2)(c2ncc(Br)cc2F)C1. The van der Waals surface area contributed by atoms with Gasteiger partial charge in [0, 0.05) is 30.3 Å². The summed E-state index contributed by atoms with van der Waals surface area (Å²) in [5, 5.41) is 12.0. The molecule has 3 fully saturated rings. The summed E-state index contributed by atoms with van der Waals surface area (Å²) < 4.78 is 29.1. The molecule has 1 N–H and O–H groups in total. The minimum atomic E-state index is -1.60. The van der Waals surface area contributed by atoms with E-state index in [1.165, 1.54) is 17.2 Å². The van der Waals surface area contributed by atoms with Crippen LogP contribution in [0, 0.1) is 17.1 Å². The first-order valence-corrected chi connectivity index (χ1v) is 14.2. The topological polar surface area (TPSA) is 106 Å². The molecule has 1 saturated carbocycles. The second-order valence-corrected chi connectivity index (χ2v) is 13.0. The first-order valence-electron chi connectivity index (χ1n) is 11.8. The summed E-state index contributed by atoms with van der Waals surface area (Å²) in [5.74, 6) is -1.54. The van der Waals surface area contributed by atoms with Gasteiger partial charge in [-0.1, -0.05) is 23.7 Å². The van der Waals surface area contributed by atoms with E-state index in [1.807, 2.05) is 11.9 Å². The highest BCUT2D eigenvalue weighted by molar-refractivity contribution is 9.10. The quantitative estimate of drug-likeness (QED) is 0.541. The Morgan fingerprint density at radius 1 is 1.32 bits per heavy atom. The Labute approximate surface area is 229 Å². The summed E-state index contributed by atoms with van der Waals surface area (Å²) in [5.41, 5.74) is -2.20. The van der Waals surface area contributed by atoms with Gasteiger partial charge >= 0.3 is 0 Å². The largest absolute Gasteiger partial charge is 0.336 e. The van der Waals surface area contributed by atoms with Crippen LogP contribution in [0.2, 0.25) is 5.02 Å². The lowest BCUT2D eigenvalue weighted by Gasteiger charge is -2.48. The van der Waals surface area contributed by atoms with Crippen LogP contribution in [-0.2, 0) is 25.8 Å². The van der Waals surface area contributed by atoms with E-state index in [0.717, 1.165) is 0 Å². The van der Waals surface area contributed by atoms with Crippen molar-refractivity contribution in [2.75, 3.05) is 26.7 Å². The smallest absolute Gasteiger partial charge is 0.244 e. The zero-order valence-electron chi connectivity index (χ0n) is 19.9. The van der Waals surface area contributed by atoms with E-state index in [-0.39, 0.29) is 31.7 Å². The number of nitrogens with one attached hydrogen (secondary N) is 1. The fourth-order valence-corrected chi connectivity index (χ4v) is 7.38. The third kappa shape index (κ3) is 4.69. The molecule has 37 heavy (non-hydrogen) atoms. The predicted octanol–water partition coefficient (Wildman–Crippen LogP) is 2.77. The molecular weight excluding hydrogens is 585 g/mol. The first kappa shape index (κ1) is 26.2. The van der Waals surface area contributed by atoms with Crippen molar-refractivity contribution in [2.45, 2.75) is 46.4 Å². The third-order valence-electron chi connectivity index (χ3n) is 7.26. The van der Waals surface area contributed by atoms with E-state index in [4.69, 9.17) is 11.6 Å². The highest BCUT2D eigenvalue weighted by atomic mass is 79.9. The number of nitriles is 1. The summed E-state index contributed by atoms with van der Waals surface area (Å²) in [6, 6.07) is 9.20. The highest BCUT2D eigenvalue weighted by Crippen LogP contribution is 2.40. The molecule has 3 aliphatic rings. The minimum absolute atomic E-state index is 0.0179. The van der Waals surface area contributed by atoms with Crippen LogP contribution in [0.5, 0.6) is 0 Å². The third-order valence-corrected chi connectivity index (χ3v) is 9.87. The molecule has 3 atom stereocenters. The monoisotopic (exact) mass is 607 g/mol. The molecule has 12 heteroatoms. The van der Waals surface area contributed by atoms with Crippen molar-refractivity contribution in [1.29, 1.82) is 5.26 Å². The molecule has 0 radical (unpaired) electrons. The van der Waals surface area contributed by atoms with Crippen molar-refractivity contribution in [1.82, 2.24) is 20.1 Å². The van der Waals surface area contributed by atoms with E-state index >= 15 is 4.39 Å². The fraction of sp³-hybridized carbons (Fsp3) is 0.440. The van der Waals surface area contributed by atoms with E-state index in [1.54, 1.807) is 24.3 Å². The average molecular weight is 609 g/mol. The number of benzene rings is 1. The van der Waals surface area contributed by atoms with Crippen molar-refractivity contribution < 1.29 is 18.2 Å². The second kappa shape index (κ2) is 9.73. The molecule has 2 saturated heterocycles.